The minimum absolute atomic E-state index is 0.180. The molecule has 4 N–H and O–H groups in total. The van der Waals surface area contributed by atoms with Crippen LogP contribution in [0.3, 0.4) is 0 Å². The molecule has 0 saturated heterocycles. The van der Waals surface area contributed by atoms with E-state index in [4.69, 9.17) is 11.1 Å². The topological polar surface area (TPSA) is 155 Å². The molecule has 36 heavy (non-hydrogen) atoms. The number of sulfone groups is 1. The molecular formula is C22H16F3N7O3S+. The van der Waals surface area contributed by atoms with Crippen LogP contribution in [0.2, 0.25) is 0 Å². The third-order valence-electron chi connectivity index (χ3n) is 4.92. The quantitative estimate of drug-likeness (QED) is 0.339. The van der Waals surface area contributed by atoms with Crippen molar-refractivity contribution < 1.29 is 26.4 Å². The van der Waals surface area contributed by atoms with E-state index in [9.17, 15) is 26.4 Å². The number of amides is 1. The Labute approximate surface area is 202 Å². The van der Waals surface area contributed by atoms with Crippen LogP contribution in [0, 0.1) is 5.41 Å². The van der Waals surface area contributed by atoms with Gasteiger partial charge in [0, 0.05) is 21.9 Å². The number of hydrogen-bond acceptors (Lipinski definition) is 8. The monoisotopic (exact) mass is 515 g/mol. The second-order valence-corrected chi connectivity index (χ2v) is 9.26. The average Bonchev–Trinajstić information content (AvgIpc) is 3.35. The second-order valence-electron chi connectivity index (χ2n) is 7.35. The summed E-state index contributed by atoms with van der Waals surface area (Å²) >= 11 is 0. The first-order valence-corrected chi connectivity index (χ1v) is 11.5. The summed E-state index contributed by atoms with van der Waals surface area (Å²) < 4.78 is 64.8. The predicted molar refractivity (Wildman–Crippen MR) is 126 cm³/mol. The number of halogens is 3. The lowest BCUT2D eigenvalue weighted by atomic mass is 10.1. The zero-order chi connectivity index (χ0) is 26.1. The molecule has 3 aromatic carbocycles. The highest BCUT2D eigenvalue weighted by Gasteiger charge is 2.48. The van der Waals surface area contributed by atoms with E-state index in [2.05, 4.69) is 20.8 Å². The standard InChI is InChI=1S/C22H16F3N7O3S/c23-22(24,25)36(34,35)18-12-15(9-10-17(18)13-5-2-1-3-6-13)28-21(33)20-29-31-32(30-20)16-8-4-7-14(11-16)19(26)27/h1-12H,(H3,26,27)(H,28,33)/q+1. The molecule has 4 rings (SSSR count). The smallest absolute Gasteiger partial charge is 0.384 e. The molecule has 0 fully saturated rings. The van der Waals surface area contributed by atoms with Gasteiger partial charge in [0.15, 0.2) is 5.69 Å². The highest BCUT2D eigenvalue weighted by Crippen LogP contribution is 2.37. The molecule has 1 radical (unpaired) electrons. The lowest BCUT2D eigenvalue weighted by Gasteiger charge is -2.14. The molecule has 10 nitrogen and oxygen atoms in total. The highest BCUT2D eigenvalue weighted by atomic mass is 32.2. The zero-order valence-electron chi connectivity index (χ0n) is 18.1. The molecule has 183 valence electrons. The fraction of sp³-hybridized carbons (Fsp3) is 0.0455. The summed E-state index contributed by atoms with van der Waals surface area (Å²) in [7, 11) is -5.75. The number of benzene rings is 3. The molecule has 0 bridgehead atoms. The van der Waals surface area contributed by atoms with Crippen LogP contribution in [0.5, 0.6) is 0 Å². The molecule has 0 unspecified atom stereocenters. The number of nitrogens with zero attached hydrogens (tertiary/aromatic N) is 4. The summed E-state index contributed by atoms with van der Waals surface area (Å²) in [6, 6.07) is 17.1. The number of amidine groups is 2. The number of carbonyl (C=O) groups excluding carboxylic acids is 1. The van der Waals surface area contributed by atoms with E-state index in [1.165, 1.54) is 30.3 Å². The molecule has 0 saturated carbocycles. The Morgan fingerprint density at radius 3 is 2.42 bits per heavy atom. The summed E-state index contributed by atoms with van der Waals surface area (Å²) in [4.78, 5) is 11.6. The molecule has 1 aliphatic heterocycles. The van der Waals surface area contributed by atoms with Gasteiger partial charge in [-0.15, -0.1) is 0 Å². The van der Waals surface area contributed by atoms with Gasteiger partial charge in [0.25, 0.3) is 9.84 Å². The van der Waals surface area contributed by atoms with Gasteiger partial charge in [-0.05, 0) is 29.8 Å². The minimum Gasteiger partial charge on any atom is -0.384 e. The van der Waals surface area contributed by atoms with Gasteiger partial charge in [0.2, 0.25) is 0 Å². The van der Waals surface area contributed by atoms with E-state index in [0.29, 0.717) is 11.3 Å². The van der Waals surface area contributed by atoms with Gasteiger partial charge in [0.1, 0.15) is 11.1 Å². The lowest BCUT2D eigenvalue weighted by molar-refractivity contribution is -0.110. The van der Waals surface area contributed by atoms with Crippen LogP contribution in [0.15, 0.2) is 88.0 Å². The Bertz CT molecular complexity index is 1520. The van der Waals surface area contributed by atoms with Gasteiger partial charge in [-0.2, -0.15) is 13.2 Å². The van der Waals surface area contributed by atoms with Crippen LogP contribution in [-0.2, 0) is 14.6 Å². The maximum absolute atomic E-state index is 13.4. The minimum atomic E-state index is -5.75. The zero-order valence-corrected chi connectivity index (χ0v) is 18.9. The predicted octanol–water partition coefficient (Wildman–Crippen LogP) is 3.41. The van der Waals surface area contributed by atoms with E-state index in [-0.39, 0.29) is 22.6 Å². The van der Waals surface area contributed by atoms with Gasteiger partial charge in [0.05, 0.1) is 15.1 Å². The molecule has 0 aromatic heterocycles. The summed E-state index contributed by atoms with van der Waals surface area (Å²) in [5.41, 5.74) is 0.470. The Hall–Kier alpha value is -4.59. The first-order chi connectivity index (χ1) is 17.0. The first-order valence-electron chi connectivity index (χ1n) is 10.0. The lowest BCUT2D eigenvalue weighted by Crippen LogP contribution is -2.26. The average molecular weight is 515 g/mol. The van der Waals surface area contributed by atoms with E-state index >= 15 is 0 Å². The Kier molecular flexibility index (Phi) is 6.28. The molecule has 1 aliphatic rings. The van der Waals surface area contributed by atoms with Gasteiger partial charge in [-0.3, -0.25) is 10.2 Å². The fourth-order valence-electron chi connectivity index (χ4n) is 3.20. The Morgan fingerprint density at radius 2 is 1.75 bits per heavy atom. The Balaban J connectivity index is 1.64. The number of nitrogen functional groups attached to an aromatic ring is 1. The largest absolute Gasteiger partial charge is 0.501 e. The number of carbonyl (C=O) groups is 1. The SMILES string of the molecule is N=C(N)c1cccc(N2N=[N+]C(C(=O)Nc3ccc(-c4ccccc4)c(S(=O)(=O)C(F)(F)F)c3)=N2)c1. The van der Waals surface area contributed by atoms with Crippen LogP contribution in [0.1, 0.15) is 5.56 Å². The maximum atomic E-state index is 13.4. The number of alkyl halides is 3. The van der Waals surface area contributed by atoms with E-state index in [1.54, 1.807) is 36.4 Å². The molecule has 0 atom stereocenters. The number of nitrogens with one attached hydrogen (secondary N) is 2. The van der Waals surface area contributed by atoms with Crippen molar-refractivity contribution >= 4 is 38.8 Å². The summed E-state index contributed by atoms with van der Waals surface area (Å²) in [5, 5.41) is 22.1. The molecule has 0 spiro atoms. The first kappa shape index (κ1) is 24.5. The van der Waals surface area contributed by atoms with E-state index in [0.717, 1.165) is 11.2 Å². The van der Waals surface area contributed by atoms with Gasteiger partial charge in [-0.1, -0.05) is 48.5 Å². The summed E-state index contributed by atoms with van der Waals surface area (Å²) in [6.45, 7) is 0. The van der Waals surface area contributed by atoms with Crippen molar-refractivity contribution in [3.63, 3.8) is 0 Å². The van der Waals surface area contributed by atoms with E-state index < -0.39 is 32.0 Å². The third-order valence-corrected chi connectivity index (χ3v) is 6.45. The second kappa shape index (κ2) is 9.22. The van der Waals surface area contributed by atoms with Crippen molar-refractivity contribution in [2.45, 2.75) is 10.4 Å². The molecular weight excluding hydrogens is 499 g/mol. The van der Waals surface area contributed by atoms with Crippen molar-refractivity contribution in [2.24, 2.45) is 16.1 Å². The van der Waals surface area contributed by atoms with Crippen molar-refractivity contribution in [3.8, 4) is 11.1 Å². The fourth-order valence-corrected chi connectivity index (χ4v) is 4.21. The van der Waals surface area contributed by atoms with Crippen molar-refractivity contribution in [1.29, 1.82) is 5.41 Å². The van der Waals surface area contributed by atoms with Crippen molar-refractivity contribution in [3.05, 3.63) is 78.4 Å². The molecule has 0 aliphatic carbocycles. The number of nitrogens with two attached hydrogens (primary N) is 1. The van der Waals surface area contributed by atoms with Crippen LogP contribution in [0.25, 0.3) is 11.1 Å². The van der Waals surface area contributed by atoms with Crippen LogP contribution < -0.4 is 21.3 Å². The Morgan fingerprint density at radius 1 is 1.03 bits per heavy atom. The maximum Gasteiger partial charge on any atom is 0.501 e. The number of rotatable bonds is 6. The van der Waals surface area contributed by atoms with Gasteiger partial charge in [-0.25, -0.2) is 8.42 Å². The van der Waals surface area contributed by atoms with Crippen LogP contribution in [-0.4, -0.2) is 31.5 Å². The van der Waals surface area contributed by atoms with Crippen LogP contribution >= 0.6 is 0 Å². The number of hydrazone groups is 1. The summed E-state index contributed by atoms with van der Waals surface area (Å²) in [6.07, 6.45) is 0. The van der Waals surface area contributed by atoms with Gasteiger partial charge >= 0.3 is 17.3 Å². The normalized spacial score (nSPS) is 13.4. The number of anilines is 2. The molecule has 14 heteroatoms. The van der Waals surface area contributed by atoms with Crippen molar-refractivity contribution in [1.82, 2.24) is 5.11 Å². The molecule has 3 aromatic rings. The summed E-state index contributed by atoms with van der Waals surface area (Å²) in [5.74, 6) is -1.57. The van der Waals surface area contributed by atoms with E-state index in [1.807, 2.05) is 0 Å². The van der Waals surface area contributed by atoms with Crippen LogP contribution in [0.4, 0.5) is 24.5 Å². The molecule has 1 amide bonds. The third kappa shape index (κ3) is 4.79. The number of hydrogen-bond donors (Lipinski definition) is 3. The molecule has 1 heterocycles. The highest BCUT2D eigenvalue weighted by molar-refractivity contribution is 7.92. The van der Waals surface area contributed by atoms with Gasteiger partial charge < -0.3 is 11.1 Å². The van der Waals surface area contributed by atoms with Crippen molar-refractivity contribution in [2.75, 3.05) is 10.4 Å².